The Balaban J connectivity index is 0.000000312. The van der Waals surface area contributed by atoms with Gasteiger partial charge in [-0.25, -0.2) is 0 Å². The lowest BCUT2D eigenvalue weighted by Gasteiger charge is -1.92. The lowest BCUT2D eigenvalue weighted by molar-refractivity contribution is -0.115. The molecule has 0 unspecified atom stereocenters. The first-order valence-corrected chi connectivity index (χ1v) is 7.37. The molecule has 0 fully saturated rings. The van der Waals surface area contributed by atoms with E-state index >= 15 is 0 Å². The van der Waals surface area contributed by atoms with Crippen molar-refractivity contribution in [3.63, 3.8) is 0 Å². The maximum atomic E-state index is 9.58. The molecule has 3 heteroatoms. The van der Waals surface area contributed by atoms with Gasteiger partial charge in [-0.15, -0.1) is 0 Å². The normalized spacial score (nSPS) is 9.74. The average Bonchev–Trinajstić information content (AvgIpc) is 2.48. The van der Waals surface area contributed by atoms with Crippen molar-refractivity contribution in [1.29, 1.82) is 0 Å². The van der Waals surface area contributed by atoms with E-state index in [4.69, 9.17) is 0 Å². The molecule has 0 spiro atoms. The van der Waals surface area contributed by atoms with Crippen molar-refractivity contribution in [2.24, 2.45) is 5.73 Å². The topological polar surface area (TPSA) is 43.1 Å². The minimum absolute atomic E-state index is 0.259. The highest BCUT2D eigenvalue weighted by atomic mass is 127. The number of amides is 1. The predicted molar refractivity (Wildman–Crippen MR) is 89.9 cm³/mol. The summed E-state index contributed by atoms with van der Waals surface area (Å²) < 4.78 is 0.414. The number of carbonyl (C=O) groups excluding carboxylic acids is 1. The Labute approximate surface area is 127 Å². The number of rotatable bonds is 3. The summed E-state index contributed by atoms with van der Waals surface area (Å²) in [5.74, 6) is -0.259. The lowest BCUT2D eigenvalue weighted by Crippen LogP contribution is -2.10. The van der Waals surface area contributed by atoms with Crippen LogP contribution in [-0.2, 0) is 4.79 Å². The fraction of sp³-hybridized carbons (Fsp3) is 0.0625. The fourth-order valence-corrected chi connectivity index (χ4v) is 1.32. The van der Waals surface area contributed by atoms with Gasteiger partial charge in [0.25, 0.3) is 0 Å². The molecule has 1 amide bonds. The molecule has 0 radical (unpaired) electrons. The third kappa shape index (κ3) is 7.41. The quantitative estimate of drug-likeness (QED) is 0.502. The number of halogens is 1. The van der Waals surface area contributed by atoms with E-state index in [0.29, 0.717) is 4.43 Å². The molecule has 0 aliphatic rings. The molecule has 2 nitrogen and oxygen atoms in total. The number of carbonyl (C=O) groups is 1. The number of hydrogen-bond donors (Lipinski definition) is 1. The van der Waals surface area contributed by atoms with Crippen molar-refractivity contribution in [3.05, 3.63) is 71.8 Å². The fourth-order valence-electron chi connectivity index (χ4n) is 1.32. The second-order valence-corrected chi connectivity index (χ2v) is 4.52. The first-order chi connectivity index (χ1) is 9.22. The Kier molecular flexibility index (Phi) is 7.58. The van der Waals surface area contributed by atoms with Gasteiger partial charge in [-0.2, -0.15) is 0 Å². The van der Waals surface area contributed by atoms with Crippen LogP contribution in [0.1, 0.15) is 11.1 Å². The molecule has 0 aliphatic carbocycles. The molecule has 2 N–H and O–H groups in total. The van der Waals surface area contributed by atoms with Crippen LogP contribution >= 0.6 is 22.6 Å². The van der Waals surface area contributed by atoms with Crippen molar-refractivity contribution < 1.29 is 4.79 Å². The van der Waals surface area contributed by atoms with Gasteiger partial charge in [-0.1, -0.05) is 95.4 Å². The van der Waals surface area contributed by atoms with Gasteiger partial charge >= 0.3 is 0 Å². The second kappa shape index (κ2) is 9.33. The zero-order valence-corrected chi connectivity index (χ0v) is 12.7. The molecule has 2 aromatic carbocycles. The molecule has 19 heavy (non-hydrogen) atoms. The molecule has 98 valence electrons. The van der Waals surface area contributed by atoms with Crippen LogP contribution in [0.25, 0.3) is 12.2 Å². The summed E-state index contributed by atoms with van der Waals surface area (Å²) in [6.45, 7) is 0. The van der Waals surface area contributed by atoms with E-state index in [1.165, 1.54) is 11.1 Å². The van der Waals surface area contributed by atoms with Crippen molar-refractivity contribution in [3.8, 4) is 0 Å². The third-order valence-corrected chi connectivity index (χ3v) is 2.95. The zero-order chi connectivity index (χ0) is 13.9. The largest absolute Gasteiger partial charge is 0.369 e. The summed E-state index contributed by atoms with van der Waals surface area (Å²) in [6, 6.07) is 20.6. The van der Waals surface area contributed by atoms with Gasteiger partial charge < -0.3 is 5.73 Å². The van der Waals surface area contributed by atoms with E-state index in [9.17, 15) is 4.79 Å². The third-order valence-electron chi connectivity index (χ3n) is 2.20. The Bertz CT molecular complexity index is 467. The number of nitrogens with two attached hydrogens (primary N) is 1. The van der Waals surface area contributed by atoms with Crippen LogP contribution < -0.4 is 5.73 Å². The highest BCUT2D eigenvalue weighted by Crippen LogP contribution is 2.06. The van der Waals surface area contributed by atoms with Gasteiger partial charge in [0.15, 0.2) is 0 Å². The Hall–Kier alpha value is -1.62. The van der Waals surface area contributed by atoms with Gasteiger partial charge in [-0.05, 0) is 11.1 Å². The number of benzene rings is 2. The van der Waals surface area contributed by atoms with Crippen molar-refractivity contribution in [2.75, 3.05) is 4.43 Å². The molecule has 0 heterocycles. The summed E-state index contributed by atoms with van der Waals surface area (Å²) in [4.78, 5) is 9.58. The van der Waals surface area contributed by atoms with Crippen molar-refractivity contribution in [2.45, 2.75) is 0 Å². The minimum atomic E-state index is -0.259. The van der Waals surface area contributed by atoms with Gasteiger partial charge in [-0.3, -0.25) is 4.79 Å². The van der Waals surface area contributed by atoms with Gasteiger partial charge in [0, 0.05) is 0 Å². The molecular weight excluding hydrogens is 349 g/mol. The van der Waals surface area contributed by atoms with E-state index in [1.807, 2.05) is 59.0 Å². The summed E-state index contributed by atoms with van der Waals surface area (Å²) in [5, 5.41) is 0. The smallest absolute Gasteiger partial charge is 0.227 e. The van der Waals surface area contributed by atoms with Crippen LogP contribution in [0.15, 0.2) is 60.7 Å². The predicted octanol–water partition coefficient (Wildman–Crippen LogP) is 3.76. The summed E-state index contributed by atoms with van der Waals surface area (Å²) in [6.07, 6.45) is 4.24. The van der Waals surface area contributed by atoms with Crippen molar-refractivity contribution >= 4 is 40.7 Å². The zero-order valence-electron chi connectivity index (χ0n) is 10.5. The first-order valence-electron chi connectivity index (χ1n) is 5.85. The molecule has 2 rings (SSSR count). The van der Waals surface area contributed by atoms with Gasteiger partial charge in [0.05, 0.1) is 4.43 Å². The number of alkyl halides is 1. The van der Waals surface area contributed by atoms with Gasteiger partial charge in [0.2, 0.25) is 5.91 Å². The van der Waals surface area contributed by atoms with E-state index in [0.717, 1.165) is 0 Å². The molecule has 0 atom stereocenters. The summed E-state index contributed by atoms with van der Waals surface area (Å²) in [7, 11) is 0. The Morgan fingerprint density at radius 2 is 1.21 bits per heavy atom. The molecule has 2 aromatic rings. The van der Waals surface area contributed by atoms with Crippen LogP contribution in [0.2, 0.25) is 0 Å². The van der Waals surface area contributed by atoms with Crippen LogP contribution in [-0.4, -0.2) is 10.3 Å². The minimum Gasteiger partial charge on any atom is -0.369 e. The van der Waals surface area contributed by atoms with Crippen LogP contribution in [0.5, 0.6) is 0 Å². The SMILES string of the molecule is C(=C\c1ccccc1)/c1ccccc1.NC(=O)CI. The number of primary amides is 1. The van der Waals surface area contributed by atoms with Crippen LogP contribution in [0.3, 0.4) is 0 Å². The monoisotopic (exact) mass is 365 g/mol. The highest BCUT2D eigenvalue weighted by Gasteiger charge is 1.84. The van der Waals surface area contributed by atoms with E-state index < -0.39 is 0 Å². The summed E-state index contributed by atoms with van der Waals surface area (Å²) >= 11 is 1.90. The maximum Gasteiger partial charge on any atom is 0.227 e. The second-order valence-electron chi connectivity index (χ2n) is 3.75. The molecular formula is C16H16INO. The van der Waals surface area contributed by atoms with Crippen LogP contribution in [0.4, 0.5) is 0 Å². The summed E-state index contributed by atoms with van der Waals surface area (Å²) in [5.41, 5.74) is 7.11. The van der Waals surface area contributed by atoms with Crippen LogP contribution in [0, 0.1) is 0 Å². The lowest BCUT2D eigenvalue weighted by atomic mass is 10.1. The number of hydrogen-bond acceptors (Lipinski definition) is 1. The highest BCUT2D eigenvalue weighted by molar-refractivity contribution is 14.1. The molecule has 0 saturated carbocycles. The van der Waals surface area contributed by atoms with E-state index in [1.54, 1.807) is 0 Å². The molecule has 0 aliphatic heterocycles. The Morgan fingerprint density at radius 1 is 0.895 bits per heavy atom. The molecule has 0 saturated heterocycles. The van der Waals surface area contributed by atoms with Crippen molar-refractivity contribution in [1.82, 2.24) is 0 Å². The van der Waals surface area contributed by atoms with E-state index in [-0.39, 0.29) is 5.91 Å². The maximum absolute atomic E-state index is 9.58. The van der Waals surface area contributed by atoms with E-state index in [2.05, 4.69) is 42.2 Å². The molecule has 0 aromatic heterocycles. The standard InChI is InChI=1S/C14H12.C2H4INO/c1-3-7-13(8-4-1)11-12-14-9-5-2-6-10-14;3-1-2(4)5/h1-12H;1H2,(H2,4,5)/b12-11+;. The Morgan fingerprint density at radius 3 is 1.47 bits per heavy atom. The molecule has 0 bridgehead atoms. The average molecular weight is 365 g/mol. The first kappa shape index (κ1) is 15.4. The van der Waals surface area contributed by atoms with Gasteiger partial charge in [0.1, 0.15) is 0 Å².